The van der Waals surface area contributed by atoms with E-state index in [0.717, 1.165) is 16.1 Å². The predicted octanol–water partition coefficient (Wildman–Crippen LogP) is 2.46. The molecular weight excluding hydrogens is 511 g/mol. The molecule has 3 aromatic rings. The zero-order chi connectivity index (χ0) is 17.2. The summed E-state index contributed by atoms with van der Waals surface area (Å²) in [6.07, 6.45) is 1.81. The van der Waals surface area contributed by atoms with Crippen LogP contribution in [0.15, 0.2) is 60.8 Å². The Hall–Kier alpha value is -2.10. The number of hydrogen-bond acceptors (Lipinski definition) is 3. The zero-order valence-corrected chi connectivity index (χ0v) is 17.1. The van der Waals surface area contributed by atoms with Crippen molar-refractivity contribution in [1.29, 1.82) is 0 Å². The number of hydrogen-bond donors (Lipinski definition) is 1. The van der Waals surface area contributed by atoms with Gasteiger partial charge in [0.25, 0.3) is 0 Å². The van der Waals surface area contributed by atoms with Gasteiger partial charge in [-0.1, -0.05) is 31.3 Å². The summed E-state index contributed by atoms with van der Waals surface area (Å²) in [5.74, 6) is -1.03. The normalized spacial score (nSPS) is 10.8. The SMILES string of the molecule is C[Si](C)(c1[c-]c(-c2cccc(C(=O)O)n2)ccc1)c1ccccn1.[Pt]. The topological polar surface area (TPSA) is 63.1 Å². The molecule has 0 fully saturated rings. The van der Waals surface area contributed by atoms with Crippen LogP contribution in [0.25, 0.3) is 11.3 Å². The maximum atomic E-state index is 11.1. The van der Waals surface area contributed by atoms with E-state index in [1.165, 1.54) is 6.07 Å². The molecule has 0 spiro atoms. The van der Waals surface area contributed by atoms with Gasteiger partial charge in [0.2, 0.25) is 0 Å². The second-order valence-corrected chi connectivity index (χ2v) is 10.3. The summed E-state index contributed by atoms with van der Waals surface area (Å²) in [6, 6.07) is 20.3. The average molecular weight is 529 g/mol. The molecular formula is C19H17N2O2PtSi-. The van der Waals surface area contributed by atoms with Crippen LogP contribution in [-0.2, 0) is 21.1 Å². The van der Waals surface area contributed by atoms with E-state index in [1.807, 2.05) is 30.5 Å². The maximum absolute atomic E-state index is 11.1. The first-order chi connectivity index (χ1) is 11.5. The Morgan fingerprint density at radius 2 is 1.80 bits per heavy atom. The van der Waals surface area contributed by atoms with Crippen molar-refractivity contribution in [3.63, 3.8) is 0 Å². The van der Waals surface area contributed by atoms with Crippen molar-refractivity contribution in [3.05, 3.63) is 72.6 Å². The molecule has 2 heterocycles. The standard InChI is InChI=1S/C19H17N2O2Si.Pt/c1-24(2,18-11-3-4-12-20-18)15-8-5-7-14(13-15)16-9-6-10-17(21-16)19(22)23;/h3-12H,1-2H3,(H,22,23);/q-1;. The fourth-order valence-corrected chi connectivity index (χ4v) is 4.70. The molecule has 25 heavy (non-hydrogen) atoms. The van der Waals surface area contributed by atoms with E-state index in [1.54, 1.807) is 12.1 Å². The number of pyridine rings is 2. The molecule has 0 aliphatic heterocycles. The van der Waals surface area contributed by atoms with Crippen LogP contribution >= 0.6 is 0 Å². The van der Waals surface area contributed by atoms with Gasteiger partial charge in [0.05, 0.1) is 0 Å². The Balaban J connectivity index is 0.00000225. The van der Waals surface area contributed by atoms with Crippen molar-refractivity contribution < 1.29 is 31.0 Å². The van der Waals surface area contributed by atoms with E-state index in [4.69, 9.17) is 5.11 Å². The molecule has 0 unspecified atom stereocenters. The Morgan fingerprint density at radius 1 is 1.04 bits per heavy atom. The van der Waals surface area contributed by atoms with Crippen molar-refractivity contribution in [1.82, 2.24) is 9.97 Å². The van der Waals surface area contributed by atoms with Crippen LogP contribution in [0.2, 0.25) is 13.1 Å². The van der Waals surface area contributed by atoms with Crippen LogP contribution in [0, 0.1) is 6.07 Å². The van der Waals surface area contributed by atoms with Gasteiger partial charge < -0.3 is 5.11 Å². The van der Waals surface area contributed by atoms with E-state index >= 15 is 0 Å². The average Bonchev–Trinajstić information content (AvgIpc) is 2.62. The number of carboxylic acid groups (broad SMARTS) is 1. The number of nitrogens with zero attached hydrogens (tertiary/aromatic N) is 2. The number of rotatable bonds is 4. The molecule has 0 saturated heterocycles. The summed E-state index contributed by atoms with van der Waals surface area (Å²) < 4.78 is 0. The molecule has 0 saturated carbocycles. The van der Waals surface area contributed by atoms with Crippen LogP contribution in [0.5, 0.6) is 0 Å². The van der Waals surface area contributed by atoms with Gasteiger partial charge in [0.1, 0.15) is 13.8 Å². The summed E-state index contributed by atoms with van der Waals surface area (Å²) in [6.45, 7) is 4.46. The summed E-state index contributed by atoms with van der Waals surface area (Å²) in [5, 5.41) is 11.3. The molecule has 0 bridgehead atoms. The molecule has 0 atom stereocenters. The molecule has 3 rings (SSSR count). The predicted molar refractivity (Wildman–Crippen MR) is 96.5 cm³/mol. The van der Waals surface area contributed by atoms with E-state index in [9.17, 15) is 4.79 Å². The smallest absolute Gasteiger partial charge is 0.353 e. The van der Waals surface area contributed by atoms with Crippen molar-refractivity contribution in [2.75, 3.05) is 0 Å². The first-order valence-electron chi connectivity index (χ1n) is 7.63. The van der Waals surface area contributed by atoms with Gasteiger partial charge in [0, 0.05) is 32.6 Å². The van der Waals surface area contributed by atoms with Gasteiger partial charge in [-0.25, -0.2) is 4.79 Å². The van der Waals surface area contributed by atoms with Gasteiger partial charge in [0.15, 0.2) is 0 Å². The third kappa shape index (κ3) is 4.11. The Kier molecular flexibility index (Phi) is 6.04. The second-order valence-electron chi connectivity index (χ2n) is 6.03. The van der Waals surface area contributed by atoms with Crippen LogP contribution in [0.3, 0.4) is 0 Å². The minimum Gasteiger partial charge on any atom is -0.477 e. The molecule has 4 nitrogen and oxygen atoms in total. The van der Waals surface area contributed by atoms with Gasteiger partial charge in [-0.15, -0.1) is 35.0 Å². The molecule has 2 aromatic heterocycles. The summed E-state index contributed by atoms with van der Waals surface area (Å²) in [7, 11) is -1.97. The number of carboxylic acids is 1. The molecule has 0 aliphatic carbocycles. The van der Waals surface area contributed by atoms with Gasteiger partial charge in [-0.3, -0.25) is 9.97 Å². The molecule has 6 heteroatoms. The Morgan fingerprint density at radius 3 is 2.48 bits per heavy atom. The fraction of sp³-hybridized carbons (Fsp3) is 0.105. The van der Waals surface area contributed by atoms with Crippen molar-refractivity contribution >= 4 is 24.5 Å². The number of benzene rings is 1. The van der Waals surface area contributed by atoms with E-state index in [-0.39, 0.29) is 26.8 Å². The van der Waals surface area contributed by atoms with E-state index in [2.05, 4.69) is 41.3 Å². The first-order valence-corrected chi connectivity index (χ1v) is 10.6. The monoisotopic (exact) mass is 528 g/mol. The van der Waals surface area contributed by atoms with Crippen molar-refractivity contribution in [3.8, 4) is 11.3 Å². The molecule has 0 radical (unpaired) electrons. The second kappa shape index (κ2) is 7.85. The van der Waals surface area contributed by atoms with Crippen molar-refractivity contribution in [2.24, 2.45) is 0 Å². The summed E-state index contributed by atoms with van der Waals surface area (Å²) in [4.78, 5) is 19.8. The fourth-order valence-electron chi connectivity index (χ4n) is 2.56. The third-order valence-electron chi connectivity index (χ3n) is 4.02. The number of carbonyl (C=O) groups is 1. The molecule has 0 amide bonds. The third-order valence-corrected chi connectivity index (χ3v) is 7.23. The van der Waals surface area contributed by atoms with Crippen LogP contribution in [0.4, 0.5) is 0 Å². The Bertz CT molecular complexity index is 885. The minimum absolute atomic E-state index is 0. The molecule has 1 N–H and O–H groups in total. The maximum Gasteiger partial charge on any atom is 0.353 e. The summed E-state index contributed by atoms with van der Waals surface area (Å²) >= 11 is 0. The van der Waals surface area contributed by atoms with E-state index < -0.39 is 14.0 Å². The van der Waals surface area contributed by atoms with Crippen LogP contribution in [-0.4, -0.2) is 29.1 Å². The molecule has 130 valence electrons. The minimum atomic E-state index is -1.97. The quantitative estimate of drug-likeness (QED) is 0.418. The largest absolute Gasteiger partial charge is 0.477 e. The number of aromatic nitrogens is 2. The van der Waals surface area contributed by atoms with Crippen molar-refractivity contribution in [2.45, 2.75) is 13.1 Å². The molecule has 0 aliphatic rings. The van der Waals surface area contributed by atoms with Gasteiger partial charge >= 0.3 is 5.97 Å². The van der Waals surface area contributed by atoms with Crippen LogP contribution in [0.1, 0.15) is 10.5 Å². The summed E-state index contributed by atoms with van der Waals surface area (Å²) in [5.41, 5.74) is 1.45. The number of aromatic carboxylic acids is 1. The van der Waals surface area contributed by atoms with Gasteiger partial charge in [-0.2, -0.15) is 0 Å². The zero-order valence-electron chi connectivity index (χ0n) is 13.8. The van der Waals surface area contributed by atoms with E-state index in [0.29, 0.717) is 5.69 Å². The van der Waals surface area contributed by atoms with Crippen LogP contribution < -0.4 is 10.5 Å². The molecule has 1 aromatic carbocycles. The first kappa shape index (κ1) is 19.2. The Labute approximate surface area is 162 Å². The van der Waals surface area contributed by atoms with Gasteiger partial charge in [-0.05, 0) is 23.9 Å².